The normalized spacial score (nSPS) is 12.0. The van der Waals surface area contributed by atoms with Gasteiger partial charge in [-0.25, -0.2) is 0 Å². The van der Waals surface area contributed by atoms with Crippen LogP contribution < -0.4 is 4.90 Å². The molecule has 0 atom stereocenters. The molecule has 1 aromatic heterocycles. The Morgan fingerprint density at radius 2 is 1.94 bits per heavy atom. The van der Waals surface area contributed by atoms with Crippen molar-refractivity contribution in [3.8, 4) is 0 Å². The molecular weight excluding hydrogens is 219 g/mol. The molecule has 2 rings (SSSR count). The zero-order valence-corrected chi connectivity index (χ0v) is 8.58. The molecule has 16 heavy (non-hydrogen) atoms. The molecule has 0 bridgehead atoms. The minimum absolute atomic E-state index is 0.452. The van der Waals surface area contributed by atoms with Gasteiger partial charge in [-0.3, -0.25) is 0 Å². The van der Waals surface area contributed by atoms with Gasteiger partial charge < -0.3 is 9.32 Å². The maximum Gasteiger partial charge on any atom is 0.405 e. The topological polar surface area (TPSA) is 16.4 Å². The fourth-order valence-corrected chi connectivity index (χ4v) is 1.61. The number of hydrogen-bond donors (Lipinski definition) is 0. The number of hydrogen-bond acceptors (Lipinski definition) is 2. The van der Waals surface area contributed by atoms with E-state index in [0.29, 0.717) is 16.7 Å². The summed E-state index contributed by atoms with van der Waals surface area (Å²) in [5, 5.41) is 0.689. The predicted octanol–water partition coefficient (Wildman–Crippen LogP) is 3.43. The molecule has 0 aliphatic heterocycles. The highest BCUT2D eigenvalue weighted by molar-refractivity contribution is 5.90. The second-order valence-corrected chi connectivity index (χ2v) is 3.59. The van der Waals surface area contributed by atoms with Crippen LogP contribution in [0.15, 0.2) is 34.9 Å². The van der Waals surface area contributed by atoms with Crippen molar-refractivity contribution in [1.82, 2.24) is 0 Å². The lowest BCUT2D eigenvalue weighted by molar-refractivity contribution is -0.119. The number of halogens is 3. The van der Waals surface area contributed by atoms with Crippen molar-refractivity contribution < 1.29 is 17.6 Å². The monoisotopic (exact) mass is 229 g/mol. The van der Waals surface area contributed by atoms with Gasteiger partial charge in [0.05, 0.1) is 5.69 Å². The summed E-state index contributed by atoms with van der Waals surface area (Å²) in [6.45, 7) is -0.990. The van der Waals surface area contributed by atoms with Crippen LogP contribution >= 0.6 is 0 Å². The Balaban J connectivity index is 2.33. The second-order valence-electron chi connectivity index (χ2n) is 3.59. The summed E-state index contributed by atoms with van der Waals surface area (Å²) < 4.78 is 41.9. The van der Waals surface area contributed by atoms with Gasteiger partial charge in [0, 0.05) is 12.4 Å². The molecule has 0 N–H and O–H groups in total. The number of fused-ring (bicyclic) bond motifs is 1. The molecule has 0 amide bonds. The lowest BCUT2D eigenvalue weighted by Crippen LogP contribution is -2.30. The third kappa shape index (κ3) is 2.13. The maximum atomic E-state index is 12.2. The summed E-state index contributed by atoms with van der Waals surface area (Å²) in [5.74, 6) is 0. The van der Waals surface area contributed by atoms with Gasteiger partial charge in [-0.05, 0) is 12.1 Å². The summed E-state index contributed by atoms with van der Waals surface area (Å²) in [4.78, 5) is 1.13. The molecule has 0 aliphatic carbocycles. The average molecular weight is 229 g/mol. The molecule has 0 unspecified atom stereocenters. The molecule has 2 aromatic rings. The SMILES string of the molecule is CN(CC(F)(F)F)c1coc2ccccc12. The zero-order valence-electron chi connectivity index (χ0n) is 8.58. The largest absolute Gasteiger partial charge is 0.462 e. The molecule has 5 heteroatoms. The van der Waals surface area contributed by atoms with Crippen molar-refractivity contribution >= 4 is 16.7 Å². The van der Waals surface area contributed by atoms with Crippen LogP contribution in [-0.4, -0.2) is 19.8 Å². The predicted molar refractivity (Wildman–Crippen MR) is 55.5 cm³/mol. The molecule has 0 radical (unpaired) electrons. The van der Waals surface area contributed by atoms with E-state index >= 15 is 0 Å². The number of furan rings is 1. The van der Waals surface area contributed by atoms with Gasteiger partial charge in [-0.15, -0.1) is 0 Å². The third-order valence-corrected chi connectivity index (χ3v) is 2.29. The standard InChI is InChI=1S/C11H10F3NO/c1-15(7-11(12,13)14)9-6-16-10-5-3-2-4-8(9)10/h2-6H,7H2,1H3. The molecule has 1 aromatic carbocycles. The van der Waals surface area contributed by atoms with Crippen LogP contribution in [0.5, 0.6) is 0 Å². The average Bonchev–Trinajstić information content (AvgIpc) is 2.58. The van der Waals surface area contributed by atoms with E-state index < -0.39 is 12.7 Å². The fraction of sp³-hybridized carbons (Fsp3) is 0.273. The molecule has 86 valence electrons. The smallest absolute Gasteiger partial charge is 0.405 e. The summed E-state index contributed by atoms with van der Waals surface area (Å²) in [6, 6.07) is 7.00. The molecule has 1 heterocycles. The number of alkyl halides is 3. The summed E-state index contributed by atoms with van der Waals surface area (Å²) in [6.07, 6.45) is -2.87. The molecule has 0 aliphatic rings. The van der Waals surface area contributed by atoms with Crippen molar-refractivity contribution in [1.29, 1.82) is 0 Å². The molecule has 0 fully saturated rings. The Labute approximate surface area is 90.3 Å². The van der Waals surface area contributed by atoms with Crippen LogP contribution in [0.1, 0.15) is 0 Å². The Morgan fingerprint density at radius 1 is 1.25 bits per heavy atom. The summed E-state index contributed by atoms with van der Waals surface area (Å²) in [5.41, 5.74) is 1.04. The number of anilines is 1. The van der Waals surface area contributed by atoms with Gasteiger partial charge >= 0.3 is 6.18 Å². The molecule has 2 nitrogen and oxygen atoms in total. The van der Waals surface area contributed by atoms with Crippen molar-refractivity contribution in [2.75, 3.05) is 18.5 Å². The minimum Gasteiger partial charge on any atom is -0.462 e. The molecule has 0 spiro atoms. The zero-order chi connectivity index (χ0) is 11.8. The Kier molecular flexibility index (Phi) is 2.53. The number of para-hydroxylation sites is 1. The summed E-state index contributed by atoms with van der Waals surface area (Å²) >= 11 is 0. The fourth-order valence-electron chi connectivity index (χ4n) is 1.61. The van der Waals surface area contributed by atoms with E-state index in [-0.39, 0.29) is 0 Å². The van der Waals surface area contributed by atoms with E-state index in [9.17, 15) is 13.2 Å². The highest BCUT2D eigenvalue weighted by atomic mass is 19.4. The molecular formula is C11H10F3NO. The van der Waals surface area contributed by atoms with E-state index in [1.165, 1.54) is 13.3 Å². The van der Waals surface area contributed by atoms with Gasteiger partial charge in [0.2, 0.25) is 0 Å². The van der Waals surface area contributed by atoms with Gasteiger partial charge in [0.15, 0.2) is 0 Å². The number of nitrogens with zero attached hydrogens (tertiary/aromatic N) is 1. The van der Waals surface area contributed by atoms with E-state index in [2.05, 4.69) is 0 Å². The summed E-state index contributed by atoms with van der Waals surface area (Å²) in [7, 11) is 1.39. The van der Waals surface area contributed by atoms with Crippen LogP contribution in [0.2, 0.25) is 0 Å². The van der Waals surface area contributed by atoms with Crippen molar-refractivity contribution in [3.05, 3.63) is 30.5 Å². The van der Waals surface area contributed by atoms with Crippen LogP contribution in [0.25, 0.3) is 11.0 Å². The Hall–Kier alpha value is -1.65. The number of rotatable bonds is 2. The highest BCUT2D eigenvalue weighted by Crippen LogP contribution is 2.29. The van der Waals surface area contributed by atoms with E-state index in [0.717, 1.165) is 4.90 Å². The molecule has 0 saturated carbocycles. The first-order valence-corrected chi connectivity index (χ1v) is 4.71. The third-order valence-electron chi connectivity index (χ3n) is 2.29. The van der Waals surface area contributed by atoms with Gasteiger partial charge in [-0.1, -0.05) is 12.1 Å². The van der Waals surface area contributed by atoms with Crippen LogP contribution in [-0.2, 0) is 0 Å². The lowest BCUT2D eigenvalue weighted by atomic mass is 10.2. The van der Waals surface area contributed by atoms with Crippen LogP contribution in [0.3, 0.4) is 0 Å². The number of benzene rings is 1. The highest BCUT2D eigenvalue weighted by Gasteiger charge is 2.30. The van der Waals surface area contributed by atoms with Crippen molar-refractivity contribution in [2.24, 2.45) is 0 Å². The van der Waals surface area contributed by atoms with Crippen molar-refractivity contribution in [3.63, 3.8) is 0 Å². The second kappa shape index (κ2) is 3.73. The van der Waals surface area contributed by atoms with Crippen molar-refractivity contribution in [2.45, 2.75) is 6.18 Å². The molecule has 0 saturated heterocycles. The first kappa shape index (κ1) is 10.9. The first-order chi connectivity index (χ1) is 7.47. The quantitative estimate of drug-likeness (QED) is 0.784. The van der Waals surface area contributed by atoms with E-state index in [4.69, 9.17) is 4.42 Å². The lowest BCUT2D eigenvalue weighted by Gasteiger charge is -2.19. The first-order valence-electron chi connectivity index (χ1n) is 4.71. The maximum absolute atomic E-state index is 12.2. The van der Waals surface area contributed by atoms with Crippen LogP contribution in [0.4, 0.5) is 18.9 Å². The van der Waals surface area contributed by atoms with E-state index in [1.807, 2.05) is 0 Å². The van der Waals surface area contributed by atoms with Gasteiger partial charge in [0.1, 0.15) is 18.4 Å². The Morgan fingerprint density at radius 3 is 2.62 bits per heavy atom. The van der Waals surface area contributed by atoms with Gasteiger partial charge in [0.25, 0.3) is 0 Å². The van der Waals surface area contributed by atoms with Crippen LogP contribution in [0, 0.1) is 0 Å². The van der Waals surface area contributed by atoms with Gasteiger partial charge in [-0.2, -0.15) is 13.2 Å². The van der Waals surface area contributed by atoms with E-state index in [1.54, 1.807) is 24.3 Å². The Bertz CT molecular complexity index is 489. The minimum atomic E-state index is -4.22.